The van der Waals surface area contributed by atoms with E-state index in [1.807, 2.05) is 24.2 Å². The fourth-order valence-corrected chi connectivity index (χ4v) is 0.870. The maximum atomic E-state index is 9.99. The van der Waals surface area contributed by atoms with E-state index in [2.05, 4.69) is 16.0 Å². The van der Waals surface area contributed by atoms with Crippen LogP contribution < -0.4 is 10.9 Å². The Morgan fingerprint density at radius 2 is 2.67 bits per heavy atom. The van der Waals surface area contributed by atoms with E-state index in [0.717, 1.165) is 0 Å². The third-order valence-corrected chi connectivity index (χ3v) is 1.55. The lowest BCUT2D eigenvalue weighted by Gasteiger charge is -2.27. The zero-order valence-corrected chi connectivity index (χ0v) is 6.90. The van der Waals surface area contributed by atoms with Crippen molar-refractivity contribution in [2.75, 3.05) is 6.54 Å². The van der Waals surface area contributed by atoms with Crippen LogP contribution in [0.2, 0.25) is 0 Å². The summed E-state index contributed by atoms with van der Waals surface area (Å²) in [7, 11) is 0. The molecule has 5 nitrogen and oxygen atoms in total. The van der Waals surface area contributed by atoms with Crippen LogP contribution in [-0.2, 0) is 4.79 Å². The number of nitrogens with zero attached hydrogens (tertiary/aromatic N) is 2. The first-order chi connectivity index (χ1) is 5.84. The molecule has 66 valence electrons. The second-order valence-corrected chi connectivity index (χ2v) is 2.50. The first-order valence-electron chi connectivity index (χ1n) is 3.75. The van der Waals surface area contributed by atoms with Crippen LogP contribution in [0.1, 0.15) is 6.92 Å². The van der Waals surface area contributed by atoms with Gasteiger partial charge in [0, 0.05) is 12.7 Å². The summed E-state index contributed by atoms with van der Waals surface area (Å²) in [6.07, 6.45) is 6.04. The van der Waals surface area contributed by atoms with E-state index < -0.39 is 0 Å². The minimum atomic E-state index is 0.184. The topological polar surface area (TPSA) is 56.7 Å². The van der Waals surface area contributed by atoms with E-state index in [4.69, 9.17) is 0 Å². The van der Waals surface area contributed by atoms with Crippen molar-refractivity contribution in [3.05, 3.63) is 12.3 Å². The number of hydrogen-bond acceptors (Lipinski definition) is 4. The lowest BCUT2D eigenvalue weighted by atomic mass is 10.3. The molecule has 0 saturated carbocycles. The molecule has 12 heavy (non-hydrogen) atoms. The molecule has 0 fully saturated rings. The summed E-state index contributed by atoms with van der Waals surface area (Å²) in [6, 6.07) is 0.184. The van der Waals surface area contributed by atoms with Gasteiger partial charge in [0.15, 0.2) is 0 Å². The molecule has 0 aliphatic carbocycles. The SMILES string of the molecule is CC(CNC=O)N1C=CC=NN1. The maximum absolute atomic E-state index is 9.99. The number of carbonyl (C=O) groups is 1. The van der Waals surface area contributed by atoms with Gasteiger partial charge in [0.25, 0.3) is 0 Å². The Labute approximate surface area is 71.1 Å². The molecule has 1 amide bonds. The van der Waals surface area contributed by atoms with Crippen molar-refractivity contribution in [1.29, 1.82) is 0 Å². The summed E-state index contributed by atoms with van der Waals surface area (Å²) in [4.78, 5) is 9.99. The van der Waals surface area contributed by atoms with Crippen LogP contribution in [-0.4, -0.2) is 30.2 Å². The van der Waals surface area contributed by atoms with Gasteiger partial charge in [-0.05, 0) is 13.0 Å². The van der Waals surface area contributed by atoms with Crippen LogP contribution in [0.25, 0.3) is 0 Å². The van der Waals surface area contributed by atoms with Gasteiger partial charge < -0.3 is 5.32 Å². The van der Waals surface area contributed by atoms with Crippen molar-refractivity contribution in [3.63, 3.8) is 0 Å². The molecule has 1 atom stereocenters. The van der Waals surface area contributed by atoms with Gasteiger partial charge in [0.1, 0.15) is 0 Å². The molecule has 2 N–H and O–H groups in total. The van der Waals surface area contributed by atoms with E-state index >= 15 is 0 Å². The minimum absolute atomic E-state index is 0.184. The summed E-state index contributed by atoms with van der Waals surface area (Å²) in [5.74, 6) is 0. The van der Waals surface area contributed by atoms with E-state index in [1.165, 1.54) is 0 Å². The highest BCUT2D eigenvalue weighted by atomic mass is 16.1. The van der Waals surface area contributed by atoms with E-state index in [0.29, 0.717) is 13.0 Å². The number of hydrogen-bond donors (Lipinski definition) is 2. The van der Waals surface area contributed by atoms with Crippen LogP contribution in [0.15, 0.2) is 17.4 Å². The molecule has 1 aliphatic heterocycles. The number of rotatable bonds is 4. The number of hydrazine groups is 1. The molecular formula is C7H12N4O. The Hall–Kier alpha value is -1.52. The number of allylic oxidation sites excluding steroid dienone is 1. The van der Waals surface area contributed by atoms with Crippen molar-refractivity contribution in [1.82, 2.24) is 15.9 Å². The molecule has 0 saturated heterocycles. The summed E-state index contributed by atoms with van der Waals surface area (Å²) >= 11 is 0. The number of amides is 1. The fourth-order valence-electron chi connectivity index (χ4n) is 0.870. The largest absolute Gasteiger partial charge is 0.357 e. The highest BCUT2D eigenvalue weighted by Gasteiger charge is 2.08. The molecule has 1 heterocycles. The van der Waals surface area contributed by atoms with Crippen LogP contribution in [0, 0.1) is 0 Å². The van der Waals surface area contributed by atoms with E-state index in [-0.39, 0.29) is 6.04 Å². The lowest BCUT2D eigenvalue weighted by Crippen LogP contribution is -2.43. The molecule has 0 aromatic heterocycles. The molecule has 0 bridgehead atoms. The normalized spacial score (nSPS) is 16.9. The smallest absolute Gasteiger partial charge is 0.207 e. The van der Waals surface area contributed by atoms with Gasteiger partial charge in [-0.25, -0.2) is 5.53 Å². The fraction of sp³-hybridized carbons (Fsp3) is 0.429. The van der Waals surface area contributed by atoms with Crippen molar-refractivity contribution in [3.8, 4) is 0 Å². The van der Waals surface area contributed by atoms with Gasteiger partial charge in [0.05, 0.1) is 12.3 Å². The quantitative estimate of drug-likeness (QED) is 0.553. The molecule has 1 unspecified atom stereocenters. The molecule has 1 rings (SSSR count). The first-order valence-corrected chi connectivity index (χ1v) is 3.75. The third kappa shape index (κ3) is 2.26. The Morgan fingerprint density at radius 1 is 1.83 bits per heavy atom. The Balaban J connectivity index is 2.31. The van der Waals surface area contributed by atoms with Crippen molar-refractivity contribution < 1.29 is 4.79 Å². The summed E-state index contributed by atoms with van der Waals surface area (Å²) < 4.78 is 0. The summed E-state index contributed by atoms with van der Waals surface area (Å²) in [6.45, 7) is 2.57. The van der Waals surface area contributed by atoms with Crippen molar-refractivity contribution >= 4 is 12.6 Å². The number of hydrazone groups is 1. The average Bonchev–Trinajstić information content (AvgIpc) is 2.15. The summed E-state index contributed by atoms with van der Waals surface area (Å²) in [5.41, 5.74) is 2.79. The molecule has 5 heteroatoms. The number of nitrogens with one attached hydrogen (secondary N) is 2. The van der Waals surface area contributed by atoms with Crippen molar-refractivity contribution in [2.45, 2.75) is 13.0 Å². The maximum Gasteiger partial charge on any atom is 0.207 e. The average molecular weight is 168 g/mol. The predicted molar refractivity (Wildman–Crippen MR) is 46.1 cm³/mol. The zero-order valence-electron chi connectivity index (χ0n) is 6.90. The molecule has 0 radical (unpaired) electrons. The van der Waals surface area contributed by atoms with E-state index in [1.54, 1.807) is 6.21 Å². The highest BCUT2D eigenvalue weighted by molar-refractivity contribution is 5.71. The van der Waals surface area contributed by atoms with Gasteiger partial charge >= 0.3 is 0 Å². The van der Waals surface area contributed by atoms with Gasteiger partial charge in [-0.15, -0.1) is 0 Å². The van der Waals surface area contributed by atoms with Crippen LogP contribution in [0.4, 0.5) is 0 Å². The number of carbonyl (C=O) groups excluding carboxylic acids is 1. The van der Waals surface area contributed by atoms with Gasteiger partial charge in [-0.2, -0.15) is 5.10 Å². The standard InChI is InChI=1S/C7H12N4O/c1-7(5-8-6-12)11-4-2-3-9-10-11/h2-4,6-7,10H,5H2,1H3,(H,8,12). The van der Waals surface area contributed by atoms with Gasteiger partial charge in [-0.3, -0.25) is 9.80 Å². The molecule has 1 aliphatic rings. The molecule has 0 spiro atoms. The molecular weight excluding hydrogens is 156 g/mol. The first kappa shape index (κ1) is 8.58. The van der Waals surface area contributed by atoms with E-state index in [9.17, 15) is 4.79 Å². The highest BCUT2D eigenvalue weighted by Crippen LogP contribution is 1.96. The van der Waals surface area contributed by atoms with Crippen molar-refractivity contribution in [2.24, 2.45) is 5.10 Å². The van der Waals surface area contributed by atoms with Gasteiger partial charge in [0.2, 0.25) is 6.41 Å². The zero-order chi connectivity index (χ0) is 8.81. The lowest BCUT2D eigenvalue weighted by molar-refractivity contribution is -0.109. The summed E-state index contributed by atoms with van der Waals surface area (Å²) in [5, 5.41) is 8.25. The second kappa shape index (κ2) is 4.38. The second-order valence-electron chi connectivity index (χ2n) is 2.50. The van der Waals surface area contributed by atoms with Crippen LogP contribution in [0.5, 0.6) is 0 Å². The van der Waals surface area contributed by atoms with Crippen LogP contribution >= 0.6 is 0 Å². The Bertz CT molecular complexity index is 202. The Morgan fingerprint density at radius 3 is 3.25 bits per heavy atom. The molecule has 0 aromatic carbocycles. The predicted octanol–water partition coefficient (Wildman–Crippen LogP) is -0.559. The monoisotopic (exact) mass is 168 g/mol. The Kier molecular flexibility index (Phi) is 3.13. The molecule has 0 aromatic rings. The van der Waals surface area contributed by atoms with Gasteiger partial charge in [-0.1, -0.05) is 0 Å². The third-order valence-electron chi connectivity index (χ3n) is 1.55. The minimum Gasteiger partial charge on any atom is -0.357 e. The van der Waals surface area contributed by atoms with Crippen LogP contribution in [0.3, 0.4) is 0 Å².